The normalized spacial score (nSPS) is 16.5. The number of ether oxygens (including phenoxy) is 2. The molecule has 0 saturated heterocycles. The number of rotatable bonds is 6. The fourth-order valence-corrected chi connectivity index (χ4v) is 1.01. The van der Waals surface area contributed by atoms with E-state index in [9.17, 15) is 0 Å². The van der Waals surface area contributed by atoms with Crippen LogP contribution in [0.15, 0.2) is 0 Å². The van der Waals surface area contributed by atoms with Gasteiger partial charge in [-0.2, -0.15) is 0 Å². The van der Waals surface area contributed by atoms with E-state index in [1.807, 2.05) is 25.9 Å². The van der Waals surface area contributed by atoms with Gasteiger partial charge in [0.2, 0.25) is 0 Å². The van der Waals surface area contributed by atoms with Gasteiger partial charge in [-0.25, -0.2) is 0 Å². The standard InChI is InChI=1S/C8H19NO3/c1-7(5-9(2)3)12-8(10)6-11-4/h7-8,10H,5-6H2,1-4H3. The third kappa shape index (κ3) is 6.54. The van der Waals surface area contributed by atoms with Gasteiger partial charge in [0.1, 0.15) is 0 Å². The number of methoxy groups -OCH3 is 1. The maximum Gasteiger partial charge on any atom is 0.178 e. The summed E-state index contributed by atoms with van der Waals surface area (Å²) in [6.07, 6.45) is -0.796. The number of likely N-dealkylation sites (N-methyl/N-ethyl adjacent to an activating group) is 1. The largest absolute Gasteiger partial charge is 0.379 e. The van der Waals surface area contributed by atoms with Crippen LogP contribution in [0.25, 0.3) is 0 Å². The van der Waals surface area contributed by atoms with E-state index in [1.165, 1.54) is 7.11 Å². The van der Waals surface area contributed by atoms with Crippen LogP contribution in [0.2, 0.25) is 0 Å². The predicted octanol–water partition coefficient (Wildman–Crippen LogP) is -0.0821. The van der Waals surface area contributed by atoms with Crippen molar-refractivity contribution in [2.24, 2.45) is 0 Å². The lowest BCUT2D eigenvalue weighted by Gasteiger charge is -2.20. The Bertz CT molecular complexity index is 108. The molecule has 2 atom stereocenters. The second kappa shape index (κ2) is 6.37. The SMILES string of the molecule is COCC(O)OC(C)CN(C)C. The summed E-state index contributed by atoms with van der Waals surface area (Å²) in [5.74, 6) is 0. The minimum atomic E-state index is -0.815. The average Bonchev–Trinajstić information content (AvgIpc) is 1.84. The highest BCUT2D eigenvalue weighted by Crippen LogP contribution is 1.97. The monoisotopic (exact) mass is 177 g/mol. The molecule has 0 amide bonds. The second-order valence-electron chi connectivity index (χ2n) is 3.12. The first-order chi connectivity index (χ1) is 5.56. The van der Waals surface area contributed by atoms with Crippen LogP contribution in [-0.4, -0.2) is 56.8 Å². The van der Waals surface area contributed by atoms with Gasteiger partial charge >= 0.3 is 0 Å². The van der Waals surface area contributed by atoms with Crippen molar-refractivity contribution in [1.82, 2.24) is 4.90 Å². The quantitative estimate of drug-likeness (QED) is 0.576. The number of aliphatic hydroxyl groups excluding tert-OH is 1. The molecule has 4 nitrogen and oxygen atoms in total. The molecule has 0 fully saturated rings. The lowest BCUT2D eigenvalue weighted by atomic mass is 10.4. The van der Waals surface area contributed by atoms with Crippen LogP contribution in [-0.2, 0) is 9.47 Å². The molecule has 0 aromatic rings. The maximum absolute atomic E-state index is 9.17. The zero-order chi connectivity index (χ0) is 9.56. The van der Waals surface area contributed by atoms with Crippen LogP contribution in [0.4, 0.5) is 0 Å². The molecule has 0 radical (unpaired) electrons. The summed E-state index contributed by atoms with van der Waals surface area (Å²) < 4.78 is 9.91. The van der Waals surface area contributed by atoms with Crippen molar-refractivity contribution in [1.29, 1.82) is 0 Å². The number of hydrogen-bond donors (Lipinski definition) is 1. The Morgan fingerprint density at radius 2 is 2.00 bits per heavy atom. The Kier molecular flexibility index (Phi) is 6.28. The van der Waals surface area contributed by atoms with Gasteiger partial charge in [-0.1, -0.05) is 0 Å². The van der Waals surface area contributed by atoms with E-state index in [0.717, 1.165) is 6.54 Å². The Balaban J connectivity index is 3.46. The molecule has 0 saturated carbocycles. The maximum atomic E-state index is 9.17. The molecule has 0 aliphatic carbocycles. The third-order valence-electron chi connectivity index (χ3n) is 1.32. The van der Waals surface area contributed by atoms with E-state index in [2.05, 4.69) is 0 Å². The highest BCUT2D eigenvalue weighted by atomic mass is 16.6. The molecular weight excluding hydrogens is 158 g/mol. The van der Waals surface area contributed by atoms with E-state index in [0.29, 0.717) is 0 Å². The van der Waals surface area contributed by atoms with Crippen molar-refractivity contribution in [2.75, 3.05) is 34.4 Å². The van der Waals surface area contributed by atoms with Gasteiger partial charge in [-0.05, 0) is 21.0 Å². The van der Waals surface area contributed by atoms with Crippen LogP contribution >= 0.6 is 0 Å². The molecule has 74 valence electrons. The van der Waals surface area contributed by atoms with Crippen LogP contribution in [0.5, 0.6) is 0 Å². The van der Waals surface area contributed by atoms with Gasteiger partial charge in [0.05, 0.1) is 12.7 Å². The minimum Gasteiger partial charge on any atom is -0.379 e. The molecular formula is C8H19NO3. The summed E-state index contributed by atoms with van der Waals surface area (Å²) in [6.45, 7) is 2.93. The number of aliphatic hydroxyl groups is 1. The van der Waals surface area contributed by atoms with E-state index in [1.54, 1.807) is 0 Å². The summed E-state index contributed by atoms with van der Waals surface area (Å²) in [5, 5.41) is 9.17. The fraction of sp³-hybridized carbons (Fsp3) is 1.00. The van der Waals surface area contributed by atoms with Gasteiger partial charge in [0.25, 0.3) is 0 Å². The molecule has 0 spiro atoms. The summed E-state index contributed by atoms with van der Waals surface area (Å²) in [7, 11) is 5.45. The highest BCUT2D eigenvalue weighted by Gasteiger charge is 2.09. The van der Waals surface area contributed by atoms with Crippen molar-refractivity contribution in [3.63, 3.8) is 0 Å². The van der Waals surface area contributed by atoms with Crippen molar-refractivity contribution in [3.8, 4) is 0 Å². The molecule has 0 heterocycles. The third-order valence-corrected chi connectivity index (χ3v) is 1.32. The van der Waals surface area contributed by atoms with Gasteiger partial charge in [-0.3, -0.25) is 0 Å². The first-order valence-corrected chi connectivity index (χ1v) is 4.03. The van der Waals surface area contributed by atoms with Gasteiger partial charge in [0.15, 0.2) is 6.29 Å². The van der Waals surface area contributed by atoms with E-state index in [4.69, 9.17) is 14.6 Å². The number of hydrogen-bond acceptors (Lipinski definition) is 4. The number of nitrogens with zero attached hydrogens (tertiary/aromatic N) is 1. The smallest absolute Gasteiger partial charge is 0.178 e. The molecule has 0 aliphatic rings. The summed E-state index contributed by atoms with van der Waals surface area (Å²) in [4.78, 5) is 2.00. The van der Waals surface area contributed by atoms with Crippen LogP contribution < -0.4 is 0 Å². The van der Waals surface area contributed by atoms with Crippen LogP contribution in [0.1, 0.15) is 6.92 Å². The molecule has 2 unspecified atom stereocenters. The van der Waals surface area contributed by atoms with Gasteiger partial charge in [0, 0.05) is 13.7 Å². The van der Waals surface area contributed by atoms with Crippen LogP contribution in [0, 0.1) is 0 Å². The summed E-state index contributed by atoms with van der Waals surface area (Å²) >= 11 is 0. The lowest BCUT2D eigenvalue weighted by Crippen LogP contribution is -2.31. The molecule has 0 aliphatic heterocycles. The van der Waals surface area contributed by atoms with Crippen LogP contribution in [0.3, 0.4) is 0 Å². The molecule has 0 aromatic carbocycles. The highest BCUT2D eigenvalue weighted by molar-refractivity contribution is 4.54. The first kappa shape index (κ1) is 11.8. The molecule has 12 heavy (non-hydrogen) atoms. The van der Waals surface area contributed by atoms with Gasteiger partial charge < -0.3 is 19.5 Å². The van der Waals surface area contributed by atoms with E-state index >= 15 is 0 Å². The first-order valence-electron chi connectivity index (χ1n) is 4.03. The minimum absolute atomic E-state index is 0.0187. The molecule has 0 aromatic heterocycles. The van der Waals surface area contributed by atoms with E-state index in [-0.39, 0.29) is 12.7 Å². The molecule has 4 heteroatoms. The van der Waals surface area contributed by atoms with Crippen molar-refractivity contribution in [2.45, 2.75) is 19.3 Å². The topological polar surface area (TPSA) is 41.9 Å². The molecule has 0 rings (SSSR count). The lowest BCUT2D eigenvalue weighted by molar-refractivity contribution is -0.159. The predicted molar refractivity (Wildman–Crippen MR) is 47.0 cm³/mol. The summed E-state index contributed by atoms with van der Waals surface area (Å²) in [5.41, 5.74) is 0. The van der Waals surface area contributed by atoms with Crippen molar-refractivity contribution < 1.29 is 14.6 Å². The Labute approximate surface area is 74.1 Å². The Morgan fingerprint density at radius 1 is 1.42 bits per heavy atom. The molecule has 1 N–H and O–H groups in total. The zero-order valence-electron chi connectivity index (χ0n) is 8.28. The average molecular weight is 177 g/mol. The Morgan fingerprint density at radius 3 is 2.42 bits per heavy atom. The van der Waals surface area contributed by atoms with Crippen molar-refractivity contribution >= 4 is 0 Å². The van der Waals surface area contributed by atoms with Crippen molar-refractivity contribution in [3.05, 3.63) is 0 Å². The Hall–Kier alpha value is -0.160. The second-order valence-corrected chi connectivity index (χ2v) is 3.12. The summed E-state index contributed by atoms with van der Waals surface area (Å²) in [6, 6.07) is 0. The fourth-order valence-electron chi connectivity index (χ4n) is 1.01. The van der Waals surface area contributed by atoms with E-state index < -0.39 is 6.29 Å². The molecule has 0 bridgehead atoms. The zero-order valence-corrected chi connectivity index (χ0v) is 8.28. The van der Waals surface area contributed by atoms with Gasteiger partial charge in [-0.15, -0.1) is 0 Å².